The summed E-state index contributed by atoms with van der Waals surface area (Å²) in [5, 5.41) is 0. The van der Waals surface area contributed by atoms with Gasteiger partial charge in [0.2, 0.25) is 0 Å². The Morgan fingerprint density at radius 1 is 1.05 bits per heavy atom. The standard InChI is InChI=1S/C11H8F3N3O2S/c12-7-2-3-8(11(14)10(7)13)17-20(18,19)6-1-4-9(15)16-5-6/h1-5,17H,(H2,15,16). The minimum Gasteiger partial charge on any atom is -0.384 e. The number of rotatable bonds is 3. The van der Waals surface area contributed by atoms with E-state index in [-0.39, 0.29) is 10.7 Å². The summed E-state index contributed by atoms with van der Waals surface area (Å²) in [6, 6.07) is 3.76. The average Bonchev–Trinajstić information content (AvgIpc) is 2.40. The quantitative estimate of drug-likeness (QED) is 0.848. The number of nitrogens with zero attached hydrogens (tertiary/aromatic N) is 1. The van der Waals surface area contributed by atoms with Crippen molar-refractivity contribution in [3.63, 3.8) is 0 Å². The molecule has 0 unspecified atom stereocenters. The van der Waals surface area contributed by atoms with Gasteiger partial charge in [-0.3, -0.25) is 4.72 Å². The first kappa shape index (κ1) is 14.1. The summed E-state index contributed by atoms with van der Waals surface area (Å²) in [5.41, 5.74) is 4.60. The molecule has 0 radical (unpaired) electrons. The molecule has 5 nitrogen and oxygen atoms in total. The number of hydrogen-bond acceptors (Lipinski definition) is 4. The number of sulfonamides is 1. The Hall–Kier alpha value is -2.29. The first-order valence-corrected chi connectivity index (χ1v) is 6.67. The highest BCUT2D eigenvalue weighted by atomic mass is 32.2. The van der Waals surface area contributed by atoms with Crippen molar-refractivity contribution < 1.29 is 21.6 Å². The Balaban J connectivity index is 2.38. The van der Waals surface area contributed by atoms with Crippen LogP contribution in [0.25, 0.3) is 0 Å². The van der Waals surface area contributed by atoms with Gasteiger partial charge >= 0.3 is 0 Å². The third-order valence-electron chi connectivity index (χ3n) is 2.35. The third-order valence-corrected chi connectivity index (χ3v) is 3.70. The minimum atomic E-state index is -4.18. The van der Waals surface area contributed by atoms with E-state index in [2.05, 4.69) is 4.98 Å². The van der Waals surface area contributed by atoms with Crippen molar-refractivity contribution >= 4 is 21.5 Å². The van der Waals surface area contributed by atoms with Gasteiger partial charge in [0.15, 0.2) is 17.5 Å². The number of hydrogen-bond donors (Lipinski definition) is 2. The third kappa shape index (κ3) is 2.67. The number of pyridine rings is 1. The summed E-state index contributed by atoms with van der Waals surface area (Å²) < 4.78 is 64.7. The number of nitrogens with one attached hydrogen (secondary N) is 1. The van der Waals surface area contributed by atoms with Gasteiger partial charge in [-0.2, -0.15) is 0 Å². The lowest BCUT2D eigenvalue weighted by atomic mass is 10.3. The monoisotopic (exact) mass is 303 g/mol. The van der Waals surface area contributed by atoms with Crippen LogP contribution < -0.4 is 10.5 Å². The summed E-state index contributed by atoms with van der Waals surface area (Å²) in [4.78, 5) is 3.28. The Kier molecular flexibility index (Phi) is 3.53. The summed E-state index contributed by atoms with van der Waals surface area (Å²) in [6.45, 7) is 0. The van der Waals surface area contributed by atoms with E-state index >= 15 is 0 Å². The first-order chi connectivity index (χ1) is 9.31. The topological polar surface area (TPSA) is 85.1 Å². The molecule has 1 heterocycles. The molecule has 0 spiro atoms. The lowest BCUT2D eigenvalue weighted by Crippen LogP contribution is -2.15. The molecule has 0 saturated carbocycles. The Labute approximate surface area is 112 Å². The van der Waals surface area contributed by atoms with Gasteiger partial charge in [-0.05, 0) is 24.3 Å². The van der Waals surface area contributed by atoms with E-state index in [4.69, 9.17) is 5.73 Å². The van der Waals surface area contributed by atoms with Crippen molar-refractivity contribution in [2.24, 2.45) is 0 Å². The normalized spacial score (nSPS) is 11.3. The Morgan fingerprint density at radius 3 is 2.35 bits per heavy atom. The second-order valence-corrected chi connectivity index (χ2v) is 5.43. The molecule has 0 fully saturated rings. The van der Waals surface area contributed by atoms with E-state index in [0.29, 0.717) is 6.07 Å². The van der Waals surface area contributed by atoms with Crippen molar-refractivity contribution in [3.05, 3.63) is 47.9 Å². The van der Waals surface area contributed by atoms with E-state index in [1.165, 1.54) is 6.07 Å². The zero-order valence-electron chi connectivity index (χ0n) is 9.77. The average molecular weight is 303 g/mol. The molecule has 0 aliphatic rings. The van der Waals surface area contributed by atoms with Gasteiger partial charge < -0.3 is 5.73 Å². The molecule has 20 heavy (non-hydrogen) atoms. The van der Waals surface area contributed by atoms with Gasteiger partial charge in [0, 0.05) is 6.20 Å². The first-order valence-electron chi connectivity index (χ1n) is 5.19. The molecule has 106 valence electrons. The predicted molar refractivity (Wildman–Crippen MR) is 65.8 cm³/mol. The number of nitrogens with two attached hydrogens (primary N) is 1. The molecular formula is C11H8F3N3O2S. The molecule has 1 aromatic heterocycles. The largest absolute Gasteiger partial charge is 0.384 e. The van der Waals surface area contributed by atoms with Gasteiger partial charge in [-0.1, -0.05) is 0 Å². The molecule has 2 aromatic rings. The van der Waals surface area contributed by atoms with Crippen LogP contribution in [-0.4, -0.2) is 13.4 Å². The van der Waals surface area contributed by atoms with Gasteiger partial charge in [0.25, 0.3) is 10.0 Å². The van der Waals surface area contributed by atoms with Crippen LogP contribution >= 0.6 is 0 Å². The van der Waals surface area contributed by atoms with E-state index in [1.54, 1.807) is 4.72 Å². The maximum atomic E-state index is 13.4. The molecule has 0 bridgehead atoms. The van der Waals surface area contributed by atoms with Crippen LogP contribution in [0, 0.1) is 17.5 Å². The zero-order valence-corrected chi connectivity index (χ0v) is 10.6. The van der Waals surface area contributed by atoms with Gasteiger partial charge in [-0.15, -0.1) is 0 Å². The number of aromatic nitrogens is 1. The minimum absolute atomic E-state index is 0.1000. The molecule has 0 aliphatic carbocycles. The van der Waals surface area contributed by atoms with Crippen LogP contribution in [0.4, 0.5) is 24.7 Å². The van der Waals surface area contributed by atoms with Gasteiger partial charge in [0.1, 0.15) is 10.7 Å². The van der Waals surface area contributed by atoms with Crippen LogP contribution in [0.3, 0.4) is 0 Å². The Bertz CT molecular complexity index is 748. The molecule has 0 amide bonds. The van der Waals surface area contributed by atoms with E-state index in [0.717, 1.165) is 18.3 Å². The molecule has 3 N–H and O–H groups in total. The zero-order chi connectivity index (χ0) is 14.9. The van der Waals surface area contributed by atoms with Crippen LogP contribution in [-0.2, 0) is 10.0 Å². The maximum Gasteiger partial charge on any atom is 0.263 e. The van der Waals surface area contributed by atoms with Crippen molar-refractivity contribution in [3.8, 4) is 0 Å². The number of nitrogen functional groups attached to an aromatic ring is 1. The highest BCUT2D eigenvalue weighted by molar-refractivity contribution is 7.92. The maximum absolute atomic E-state index is 13.4. The SMILES string of the molecule is Nc1ccc(S(=O)(=O)Nc2ccc(F)c(F)c2F)cn1. The summed E-state index contributed by atoms with van der Waals surface area (Å²) >= 11 is 0. The number of anilines is 2. The van der Waals surface area contributed by atoms with E-state index in [1.807, 2.05) is 0 Å². The fourth-order valence-corrected chi connectivity index (χ4v) is 2.36. The lowest BCUT2D eigenvalue weighted by molar-refractivity contribution is 0.449. The van der Waals surface area contributed by atoms with E-state index < -0.39 is 33.2 Å². The van der Waals surface area contributed by atoms with Crippen molar-refractivity contribution in [1.82, 2.24) is 4.98 Å². The van der Waals surface area contributed by atoms with Gasteiger partial charge in [-0.25, -0.2) is 26.6 Å². The summed E-state index contributed by atoms with van der Waals surface area (Å²) in [7, 11) is -4.18. The van der Waals surface area contributed by atoms with Crippen LogP contribution in [0.5, 0.6) is 0 Å². The van der Waals surface area contributed by atoms with Crippen LogP contribution in [0.15, 0.2) is 35.4 Å². The molecule has 0 atom stereocenters. The smallest absolute Gasteiger partial charge is 0.263 e. The fourth-order valence-electron chi connectivity index (χ4n) is 1.36. The molecule has 0 aliphatic heterocycles. The van der Waals surface area contributed by atoms with Crippen LogP contribution in [0.1, 0.15) is 0 Å². The van der Waals surface area contributed by atoms with Crippen molar-refractivity contribution in [2.75, 3.05) is 10.5 Å². The molecule has 9 heteroatoms. The molecule has 0 saturated heterocycles. The second kappa shape index (κ2) is 5.00. The summed E-state index contributed by atoms with van der Waals surface area (Å²) in [5.74, 6) is -4.71. The van der Waals surface area contributed by atoms with Gasteiger partial charge in [0.05, 0.1) is 5.69 Å². The number of halogens is 3. The molecular weight excluding hydrogens is 295 g/mol. The number of benzene rings is 1. The highest BCUT2D eigenvalue weighted by Crippen LogP contribution is 2.22. The second-order valence-electron chi connectivity index (χ2n) is 3.75. The molecule has 2 rings (SSSR count). The van der Waals surface area contributed by atoms with Crippen molar-refractivity contribution in [1.29, 1.82) is 0 Å². The lowest BCUT2D eigenvalue weighted by Gasteiger charge is -2.09. The fraction of sp³-hybridized carbons (Fsp3) is 0. The highest BCUT2D eigenvalue weighted by Gasteiger charge is 2.20. The van der Waals surface area contributed by atoms with Crippen molar-refractivity contribution in [2.45, 2.75) is 4.90 Å². The molecule has 1 aromatic carbocycles. The summed E-state index contributed by atoms with van der Waals surface area (Å²) in [6.07, 6.45) is 0.954. The predicted octanol–water partition coefficient (Wildman–Crippen LogP) is 1.88. The van der Waals surface area contributed by atoms with Crippen LogP contribution in [0.2, 0.25) is 0 Å². The van der Waals surface area contributed by atoms with E-state index in [9.17, 15) is 21.6 Å². The Morgan fingerprint density at radius 2 is 1.75 bits per heavy atom.